The molecule has 8 heteroatoms. The third-order valence-corrected chi connectivity index (χ3v) is 4.95. The summed E-state index contributed by atoms with van der Waals surface area (Å²) in [6.45, 7) is 2.24. The second-order valence-corrected chi connectivity index (χ2v) is 7.15. The molecule has 0 unspecified atom stereocenters. The predicted molar refractivity (Wildman–Crippen MR) is 106 cm³/mol. The van der Waals surface area contributed by atoms with Gasteiger partial charge in [0.05, 0.1) is 17.9 Å². The second kappa shape index (κ2) is 8.39. The molecule has 160 valence electrons. The van der Waals surface area contributed by atoms with Gasteiger partial charge in [0.15, 0.2) is 6.23 Å². The van der Waals surface area contributed by atoms with E-state index in [1.165, 1.54) is 24.3 Å². The second-order valence-electron chi connectivity index (χ2n) is 7.15. The molecule has 2 heterocycles. The first-order valence-corrected chi connectivity index (χ1v) is 9.58. The van der Waals surface area contributed by atoms with Crippen molar-refractivity contribution in [3.63, 3.8) is 0 Å². The van der Waals surface area contributed by atoms with E-state index < -0.39 is 12.6 Å². The van der Waals surface area contributed by atoms with Crippen molar-refractivity contribution < 1.29 is 27.4 Å². The lowest BCUT2D eigenvalue weighted by atomic mass is 10.0. The van der Waals surface area contributed by atoms with Gasteiger partial charge in [0, 0.05) is 18.3 Å². The van der Waals surface area contributed by atoms with Gasteiger partial charge in [-0.2, -0.15) is 0 Å². The van der Waals surface area contributed by atoms with Crippen molar-refractivity contribution in [2.24, 2.45) is 0 Å². The van der Waals surface area contributed by atoms with Crippen LogP contribution >= 0.6 is 0 Å². The van der Waals surface area contributed by atoms with Gasteiger partial charge in [-0.25, -0.2) is 0 Å². The highest BCUT2D eigenvalue weighted by atomic mass is 19.4. The lowest BCUT2D eigenvalue weighted by molar-refractivity contribution is -0.274. The molecule has 0 fully saturated rings. The van der Waals surface area contributed by atoms with Gasteiger partial charge in [-0.1, -0.05) is 36.4 Å². The summed E-state index contributed by atoms with van der Waals surface area (Å²) in [6, 6.07) is 16.5. The lowest BCUT2D eigenvalue weighted by Gasteiger charge is -2.25. The minimum absolute atomic E-state index is 0.173. The summed E-state index contributed by atoms with van der Waals surface area (Å²) >= 11 is 0. The highest BCUT2D eigenvalue weighted by molar-refractivity contribution is 6.00. The van der Waals surface area contributed by atoms with Crippen LogP contribution in [-0.2, 0) is 17.9 Å². The molecule has 1 aliphatic heterocycles. The van der Waals surface area contributed by atoms with E-state index in [1.54, 1.807) is 17.2 Å². The smallest absolute Gasteiger partial charge is 0.406 e. The number of halogens is 3. The Morgan fingerprint density at radius 1 is 1.03 bits per heavy atom. The maximum Gasteiger partial charge on any atom is 0.573 e. The summed E-state index contributed by atoms with van der Waals surface area (Å²) in [6.07, 6.45) is -3.72. The van der Waals surface area contributed by atoms with Crippen LogP contribution in [0.2, 0.25) is 0 Å². The Morgan fingerprint density at radius 2 is 1.81 bits per heavy atom. The maximum absolute atomic E-state index is 13.2. The standard InChI is InChI=1S/C23H19F3N2O3/c1-15-5-4-7-19-20(15)21(29)28(22(19)30-14-17-6-2-3-12-27-17)13-16-8-10-18(11-9-16)31-23(24,25)26/h2-12,22H,13-14H2,1H3/t22-/m0/s1. The van der Waals surface area contributed by atoms with Crippen LogP contribution in [0.15, 0.2) is 66.9 Å². The average molecular weight is 428 g/mol. The van der Waals surface area contributed by atoms with Gasteiger partial charge >= 0.3 is 6.36 Å². The summed E-state index contributed by atoms with van der Waals surface area (Å²) in [5, 5.41) is 0. The van der Waals surface area contributed by atoms with Crippen LogP contribution in [0, 0.1) is 6.92 Å². The normalized spacial score (nSPS) is 15.8. The van der Waals surface area contributed by atoms with E-state index in [0.29, 0.717) is 11.1 Å². The van der Waals surface area contributed by atoms with Gasteiger partial charge in [-0.15, -0.1) is 13.2 Å². The predicted octanol–water partition coefficient (Wildman–Crippen LogP) is 5.16. The number of carbonyl (C=O) groups excluding carboxylic acids is 1. The minimum Gasteiger partial charge on any atom is -0.406 e. The number of rotatable bonds is 6. The zero-order valence-electron chi connectivity index (χ0n) is 16.6. The first-order valence-electron chi connectivity index (χ1n) is 9.58. The molecule has 31 heavy (non-hydrogen) atoms. The number of alkyl halides is 3. The summed E-state index contributed by atoms with van der Waals surface area (Å²) < 4.78 is 47.2. The zero-order valence-corrected chi connectivity index (χ0v) is 16.6. The number of aromatic nitrogens is 1. The number of nitrogens with zero attached hydrogens (tertiary/aromatic N) is 2. The molecule has 4 rings (SSSR count). The molecule has 0 spiro atoms. The Morgan fingerprint density at radius 3 is 2.48 bits per heavy atom. The lowest BCUT2D eigenvalue weighted by Crippen LogP contribution is -2.29. The van der Waals surface area contributed by atoms with Crippen LogP contribution in [0.1, 0.15) is 39.0 Å². The van der Waals surface area contributed by atoms with Crippen LogP contribution in [0.5, 0.6) is 5.75 Å². The molecule has 0 radical (unpaired) electrons. The third-order valence-electron chi connectivity index (χ3n) is 4.95. The van der Waals surface area contributed by atoms with Crippen molar-refractivity contribution in [1.29, 1.82) is 0 Å². The van der Waals surface area contributed by atoms with Crippen molar-refractivity contribution in [3.05, 3.63) is 94.8 Å². The molecular formula is C23H19F3N2O3. The molecule has 1 amide bonds. The van der Waals surface area contributed by atoms with Crippen LogP contribution in [0.3, 0.4) is 0 Å². The van der Waals surface area contributed by atoms with Crippen molar-refractivity contribution in [3.8, 4) is 5.75 Å². The number of pyridine rings is 1. The van der Waals surface area contributed by atoms with Gasteiger partial charge in [0.1, 0.15) is 5.75 Å². The molecule has 0 saturated carbocycles. The molecule has 1 atom stereocenters. The fraction of sp³-hybridized carbons (Fsp3) is 0.217. The van der Waals surface area contributed by atoms with Crippen molar-refractivity contribution in [1.82, 2.24) is 9.88 Å². The molecule has 1 aromatic heterocycles. The van der Waals surface area contributed by atoms with Gasteiger partial charge in [0.25, 0.3) is 5.91 Å². The number of hydrogen-bond donors (Lipinski definition) is 0. The first-order chi connectivity index (χ1) is 14.8. The van der Waals surface area contributed by atoms with Crippen LogP contribution < -0.4 is 4.74 Å². The van der Waals surface area contributed by atoms with Gasteiger partial charge in [0.2, 0.25) is 0 Å². The van der Waals surface area contributed by atoms with Gasteiger partial charge in [-0.05, 0) is 42.3 Å². The molecule has 0 aliphatic carbocycles. The van der Waals surface area contributed by atoms with E-state index in [1.807, 2.05) is 37.3 Å². The average Bonchev–Trinajstić information content (AvgIpc) is 3.00. The number of ether oxygens (including phenoxy) is 2. The molecule has 0 saturated heterocycles. The molecule has 1 aliphatic rings. The molecule has 5 nitrogen and oxygen atoms in total. The van der Waals surface area contributed by atoms with E-state index in [9.17, 15) is 18.0 Å². The third kappa shape index (κ3) is 4.69. The van der Waals surface area contributed by atoms with Crippen molar-refractivity contribution >= 4 is 5.91 Å². The quantitative estimate of drug-likeness (QED) is 0.544. The number of hydrogen-bond acceptors (Lipinski definition) is 4. The van der Waals surface area contributed by atoms with Crippen molar-refractivity contribution in [2.75, 3.05) is 0 Å². The Bertz CT molecular complexity index is 1070. The van der Waals surface area contributed by atoms with Crippen LogP contribution in [0.25, 0.3) is 0 Å². The summed E-state index contributed by atoms with van der Waals surface area (Å²) in [4.78, 5) is 19.0. The highest BCUT2D eigenvalue weighted by Gasteiger charge is 2.38. The fourth-order valence-electron chi connectivity index (χ4n) is 3.58. The van der Waals surface area contributed by atoms with E-state index in [-0.39, 0.29) is 24.8 Å². The zero-order chi connectivity index (χ0) is 22.0. The maximum atomic E-state index is 13.2. The minimum atomic E-state index is -4.75. The van der Waals surface area contributed by atoms with Crippen molar-refractivity contribution in [2.45, 2.75) is 32.7 Å². The summed E-state index contributed by atoms with van der Waals surface area (Å²) in [5.41, 5.74) is 3.57. The Labute approximate surface area is 177 Å². The van der Waals surface area contributed by atoms with E-state index in [2.05, 4.69) is 9.72 Å². The Balaban J connectivity index is 1.57. The van der Waals surface area contributed by atoms with Crippen LogP contribution in [-0.4, -0.2) is 22.2 Å². The van der Waals surface area contributed by atoms with E-state index in [4.69, 9.17) is 4.74 Å². The molecule has 0 bridgehead atoms. The monoisotopic (exact) mass is 428 g/mol. The topological polar surface area (TPSA) is 51.7 Å². The Hall–Kier alpha value is -3.39. The highest BCUT2D eigenvalue weighted by Crippen LogP contribution is 2.38. The largest absolute Gasteiger partial charge is 0.573 e. The summed E-state index contributed by atoms with van der Waals surface area (Å²) in [5.74, 6) is -0.499. The fourth-order valence-corrected chi connectivity index (χ4v) is 3.58. The first kappa shape index (κ1) is 20.9. The van der Waals surface area contributed by atoms with E-state index in [0.717, 1.165) is 16.8 Å². The number of aryl methyl sites for hydroxylation is 1. The summed E-state index contributed by atoms with van der Waals surface area (Å²) in [7, 11) is 0. The molecule has 2 aromatic carbocycles. The molecule has 0 N–H and O–H groups in total. The number of benzene rings is 2. The van der Waals surface area contributed by atoms with Crippen LogP contribution in [0.4, 0.5) is 13.2 Å². The van der Waals surface area contributed by atoms with Gasteiger partial charge in [-0.3, -0.25) is 9.78 Å². The number of amides is 1. The van der Waals surface area contributed by atoms with E-state index >= 15 is 0 Å². The molecule has 3 aromatic rings. The van der Waals surface area contributed by atoms with Gasteiger partial charge < -0.3 is 14.4 Å². The number of carbonyl (C=O) groups is 1. The molecular weight excluding hydrogens is 409 g/mol. The number of fused-ring (bicyclic) bond motifs is 1. The Kier molecular flexibility index (Phi) is 5.65. The SMILES string of the molecule is Cc1cccc2c1C(=O)N(Cc1ccc(OC(F)(F)F)cc1)[C@H]2OCc1ccccn1.